The summed E-state index contributed by atoms with van der Waals surface area (Å²) in [5.41, 5.74) is 2.75. The number of piperidine rings is 1. The Bertz CT molecular complexity index is 383. The Morgan fingerprint density at radius 3 is 2.65 bits per heavy atom. The third-order valence-electron chi connectivity index (χ3n) is 3.10. The lowest BCUT2D eigenvalue weighted by atomic mass is 9.99. The predicted molar refractivity (Wildman–Crippen MR) is 64.1 cm³/mol. The molecule has 3 N–H and O–H groups in total. The van der Waals surface area contributed by atoms with Crippen molar-refractivity contribution in [2.45, 2.75) is 19.8 Å². The van der Waals surface area contributed by atoms with Crippen LogP contribution in [0.15, 0.2) is 12.1 Å². The molecule has 2 rings (SSSR count). The van der Waals surface area contributed by atoms with Crippen LogP contribution in [0.25, 0.3) is 0 Å². The molecular weight excluding hydrogens is 218 g/mol. The van der Waals surface area contributed by atoms with Crippen molar-refractivity contribution in [1.82, 2.24) is 15.1 Å². The van der Waals surface area contributed by atoms with Crippen LogP contribution in [0.5, 0.6) is 0 Å². The number of carbonyl (C=O) groups excluding carboxylic acids is 1. The van der Waals surface area contributed by atoms with Gasteiger partial charge < -0.3 is 10.3 Å². The van der Waals surface area contributed by atoms with Gasteiger partial charge in [0.1, 0.15) is 0 Å². The van der Waals surface area contributed by atoms with Crippen LogP contribution in [-0.2, 0) is 0 Å². The number of aromatic nitrogens is 2. The molecule has 0 spiro atoms. The van der Waals surface area contributed by atoms with Gasteiger partial charge in [-0.15, -0.1) is 10.2 Å². The van der Waals surface area contributed by atoms with Gasteiger partial charge >= 0.3 is 0 Å². The van der Waals surface area contributed by atoms with E-state index in [0.717, 1.165) is 25.9 Å². The number of anilines is 1. The summed E-state index contributed by atoms with van der Waals surface area (Å²) in [4.78, 5) is 13.9. The highest BCUT2D eigenvalue weighted by Gasteiger charge is 2.22. The number of nitrogens with zero attached hydrogens (tertiary/aromatic N) is 3. The van der Waals surface area contributed by atoms with Gasteiger partial charge in [0.05, 0.1) is 0 Å². The van der Waals surface area contributed by atoms with E-state index in [2.05, 4.69) is 22.5 Å². The van der Waals surface area contributed by atoms with Crippen LogP contribution >= 0.6 is 0 Å². The molecule has 1 aromatic rings. The lowest BCUT2D eigenvalue weighted by molar-refractivity contribution is 0.0690. The molecule has 6 nitrogen and oxygen atoms in total. The van der Waals surface area contributed by atoms with Gasteiger partial charge in [-0.25, -0.2) is 5.84 Å². The van der Waals surface area contributed by atoms with Crippen molar-refractivity contribution in [2.24, 2.45) is 11.8 Å². The Morgan fingerprint density at radius 1 is 1.41 bits per heavy atom. The van der Waals surface area contributed by atoms with Gasteiger partial charge in [-0.3, -0.25) is 4.79 Å². The summed E-state index contributed by atoms with van der Waals surface area (Å²) in [5.74, 6) is 6.29. The van der Waals surface area contributed by atoms with Crippen molar-refractivity contribution in [3.8, 4) is 0 Å². The summed E-state index contributed by atoms with van der Waals surface area (Å²) in [5, 5.41) is 7.65. The normalized spacial score (nSPS) is 16.9. The number of amides is 1. The highest BCUT2D eigenvalue weighted by atomic mass is 16.2. The van der Waals surface area contributed by atoms with E-state index in [1.54, 1.807) is 12.1 Å². The molecule has 1 aromatic heterocycles. The quantitative estimate of drug-likeness (QED) is 0.580. The first kappa shape index (κ1) is 11.8. The van der Waals surface area contributed by atoms with Crippen LogP contribution < -0.4 is 11.3 Å². The fourth-order valence-corrected chi connectivity index (χ4v) is 1.90. The average molecular weight is 235 g/mol. The maximum Gasteiger partial charge on any atom is 0.274 e. The Morgan fingerprint density at radius 2 is 2.12 bits per heavy atom. The third kappa shape index (κ3) is 2.71. The number of hydrogen-bond donors (Lipinski definition) is 2. The molecule has 0 aromatic carbocycles. The molecule has 1 saturated heterocycles. The fraction of sp³-hybridized carbons (Fsp3) is 0.545. The first-order valence-corrected chi connectivity index (χ1v) is 5.80. The molecule has 0 bridgehead atoms. The Hall–Kier alpha value is -1.69. The van der Waals surface area contributed by atoms with Gasteiger partial charge in [0.2, 0.25) is 0 Å². The van der Waals surface area contributed by atoms with E-state index >= 15 is 0 Å². The van der Waals surface area contributed by atoms with Gasteiger partial charge in [-0.2, -0.15) is 0 Å². The van der Waals surface area contributed by atoms with Crippen molar-refractivity contribution in [3.05, 3.63) is 17.8 Å². The van der Waals surface area contributed by atoms with E-state index in [4.69, 9.17) is 5.84 Å². The van der Waals surface area contributed by atoms with E-state index in [9.17, 15) is 4.79 Å². The number of carbonyl (C=O) groups is 1. The Labute approximate surface area is 100 Å². The number of hydrogen-bond acceptors (Lipinski definition) is 5. The zero-order chi connectivity index (χ0) is 12.3. The van der Waals surface area contributed by atoms with E-state index < -0.39 is 0 Å². The number of hydrazine groups is 1. The number of nitrogen functional groups attached to an aromatic ring is 1. The topological polar surface area (TPSA) is 84.1 Å². The highest BCUT2D eigenvalue weighted by Crippen LogP contribution is 2.17. The summed E-state index contributed by atoms with van der Waals surface area (Å²) >= 11 is 0. The molecule has 1 aliphatic heterocycles. The molecule has 0 aliphatic carbocycles. The maximum atomic E-state index is 12.1. The first-order valence-electron chi connectivity index (χ1n) is 5.80. The van der Waals surface area contributed by atoms with E-state index in [-0.39, 0.29) is 5.91 Å². The average Bonchev–Trinajstić information content (AvgIpc) is 2.39. The molecule has 92 valence electrons. The molecule has 0 saturated carbocycles. The molecule has 17 heavy (non-hydrogen) atoms. The molecule has 1 aliphatic rings. The monoisotopic (exact) mass is 235 g/mol. The second kappa shape index (κ2) is 5.09. The lowest BCUT2D eigenvalue weighted by Crippen LogP contribution is -2.38. The highest BCUT2D eigenvalue weighted by molar-refractivity contribution is 5.92. The Kier molecular flexibility index (Phi) is 3.53. The zero-order valence-electron chi connectivity index (χ0n) is 9.89. The van der Waals surface area contributed by atoms with Crippen molar-refractivity contribution in [1.29, 1.82) is 0 Å². The van der Waals surface area contributed by atoms with E-state index in [1.165, 1.54) is 0 Å². The van der Waals surface area contributed by atoms with Crippen LogP contribution in [0.4, 0.5) is 5.82 Å². The lowest BCUT2D eigenvalue weighted by Gasteiger charge is -2.29. The fourth-order valence-electron chi connectivity index (χ4n) is 1.90. The van der Waals surface area contributed by atoms with E-state index in [0.29, 0.717) is 17.4 Å². The molecular formula is C11H17N5O. The predicted octanol–water partition coefficient (Wildman–Crippen LogP) is 0.634. The molecule has 1 fully saturated rings. The largest absolute Gasteiger partial charge is 0.337 e. The van der Waals surface area contributed by atoms with Gasteiger partial charge in [0.25, 0.3) is 5.91 Å². The first-order chi connectivity index (χ1) is 8.20. The van der Waals surface area contributed by atoms with Gasteiger partial charge in [-0.05, 0) is 30.9 Å². The van der Waals surface area contributed by atoms with Crippen LogP contribution in [0.3, 0.4) is 0 Å². The second-order valence-electron chi connectivity index (χ2n) is 4.42. The smallest absolute Gasteiger partial charge is 0.274 e. The van der Waals surface area contributed by atoms with Crippen LogP contribution in [-0.4, -0.2) is 34.1 Å². The molecule has 1 amide bonds. The van der Waals surface area contributed by atoms with Crippen molar-refractivity contribution >= 4 is 11.7 Å². The Balaban J connectivity index is 2.03. The maximum absolute atomic E-state index is 12.1. The van der Waals surface area contributed by atoms with Gasteiger partial charge in [0.15, 0.2) is 11.5 Å². The number of nitrogens with one attached hydrogen (secondary N) is 1. The standard InChI is InChI=1S/C11H17N5O/c1-8-4-6-16(7-5-8)11(17)9-2-3-10(13-12)15-14-9/h2-3,8H,4-7,12H2,1H3,(H,13,15). The summed E-state index contributed by atoms with van der Waals surface area (Å²) in [6.45, 7) is 3.82. The minimum Gasteiger partial charge on any atom is -0.337 e. The second-order valence-corrected chi connectivity index (χ2v) is 4.42. The van der Waals surface area contributed by atoms with Crippen molar-refractivity contribution < 1.29 is 4.79 Å². The summed E-state index contributed by atoms with van der Waals surface area (Å²) in [6, 6.07) is 3.29. The molecule has 2 heterocycles. The van der Waals surface area contributed by atoms with Crippen LogP contribution in [0.1, 0.15) is 30.3 Å². The summed E-state index contributed by atoms with van der Waals surface area (Å²) in [7, 11) is 0. The minimum absolute atomic E-state index is 0.0482. The van der Waals surface area contributed by atoms with Crippen molar-refractivity contribution in [2.75, 3.05) is 18.5 Å². The SMILES string of the molecule is CC1CCN(C(=O)c2ccc(NN)nn2)CC1. The van der Waals surface area contributed by atoms with Gasteiger partial charge in [-0.1, -0.05) is 6.92 Å². The van der Waals surface area contributed by atoms with Crippen LogP contribution in [0, 0.1) is 5.92 Å². The zero-order valence-corrected chi connectivity index (χ0v) is 9.89. The number of nitrogens with two attached hydrogens (primary N) is 1. The molecule has 0 atom stereocenters. The van der Waals surface area contributed by atoms with Crippen LogP contribution in [0.2, 0.25) is 0 Å². The minimum atomic E-state index is -0.0482. The van der Waals surface area contributed by atoms with Gasteiger partial charge in [0, 0.05) is 13.1 Å². The van der Waals surface area contributed by atoms with E-state index in [1.807, 2.05) is 4.90 Å². The number of rotatable bonds is 2. The molecule has 6 heteroatoms. The van der Waals surface area contributed by atoms with Crippen molar-refractivity contribution in [3.63, 3.8) is 0 Å². The molecule has 0 unspecified atom stereocenters. The summed E-state index contributed by atoms with van der Waals surface area (Å²) < 4.78 is 0. The summed E-state index contributed by atoms with van der Waals surface area (Å²) in [6.07, 6.45) is 2.11. The molecule has 0 radical (unpaired) electrons. The third-order valence-corrected chi connectivity index (χ3v) is 3.10. The number of likely N-dealkylation sites (tertiary alicyclic amines) is 1.